The van der Waals surface area contributed by atoms with Crippen molar-refractivity contribution in [3.63, 3.8) is 0 Å². The molecule has 0 saturated heterocycles. The highest BCUT2D eigenvalue weighted by Crippen LogP contribution is 2.11. The minimum Gasteiger partial charge on any atom is -0.467 e. The van der Waals surface area contributed by atoms with E-state index in [0.29, 0.717) is 5.56 Å². The van der Waals surface area contributed by atoms with Crippen LogP contribution in [-0.4, -0.2) is 30.8 Å². The average molecular weight is 297 g/mol. The Morgan fingerprint density at radius 3 is 2.43 bits per heavy atom. The van der Waals surface area contributed by atoms with Crippen molar-refractivity contribution in [1.82, 2.24) is 5.32 Å². The van der Waals surface area contributed by atoms with Gasteiger partial charge in [-0.1, -0.05) is 18.2 Å². The Bertz CT molecular complexity index is 511. The summed E-state index contributed by atoms with van der Waals surface area (Å²) < 4.78 is 23.3. The van der Waals surface area contributed by atoms with Gasteiger partial charge in [0.2, 0.25) is 0 Å². The Balaban J connectivity index is 2.80. The van der Waals surface area contributed by atoms with Crippen LogP contribution in [0, 0.1) is 5.82 Å². The molecule has 0 radical (unpaired) electrons. The van der Waals surface area contributed by atoms with E-state index in [2.05, 4.69) is 10.1 Å². The number of alkyl carbamates (subject to hydrolysis) is 1. The quantitative estimate of drug-likeness (QED) is 0.867. The summed E-state index contributed by atoms with van der Waals surface area (Å²) in [7, 11) is 1.20. The summed E-state index contributed by atoms with van der Waals surface area (Å²) in [6.07, 6.45) is -0.771. The molecule has 0 aliphatic carbocycles. The van der Waals surface area contributed by atoms with E-state index < -0.39 is 29.5 Å². The molecule has 0 heterocycles. The molecule has 1 unspecified atom stereocenters. The molecule has 5 nitrogen and oxygen atoms in total. The summed E-state index contributed by atoms with van der Waals surface area (Å²) in [4.78, 5) is 23.4. The van der Waals surface area contributed by atoms with Crippen molar-refractivity contribution < 1.29 is 23.5 Å². The molecule has 0 aliphatic heterocycles. The first kappa shape index (κ1) is 16.9. The van der Waals surface area contributed by atoms with Gasteiger partial charge in [0.1, 0.15) is 17.5 Å². The summed E-state index contributed by atoms with van der Waals surface area (Å²) >= 11 is 0. The molecule has 0 bridgehead atoms. The molecule has 1 atom stereocenters. The maximum Gasteiger partial charge on any atom is 0.408 e. The van der Waals surface area contributed by atoms with E-state index in [0.717, 1.165) is 0 Å². The molecule has 0 saturated carbocycles. The second kappa shape index (κ2) is 7.06. The molecule has 1 N–H and O–H groups in total. The fourth-order valence-corrected chi connectivity index (χ4v) is 1.67. The fraction of sp³-hybridized carbons (Fsp3) is 0.467. The third-order valence-electron chi connectivity index (χ3n) is 2.56. The highest BCUT2D eigenvalue weighted by molar-refractivity contribution is 5.81. The van der Waals surface area contributed by atoms with Gasteiger partial charge < -0.3 is 14.8 Å². The molecule has 1 rings (SSSR count). The molecule has 0 aliphatic rings. The third kappa shape index (κ3) is 5.81. The summed E-state index contributed by atoms with van der Waals surface area (Å²) in [6.45, 7) is 5.11. The van der Waals surface area contributed by atoms with Gasteiger partial charge in [-0.15, -0.1) is 0 Å². The van der Waals surface area contributed by atoms with Crippen LogP contribution in [0.25, 0.3) is 0 Å². The SMILES string of the molecule is COC(=O)C(Cc1ccccc1F)NC(=O)OC(C)(C)C. The van der Waals surface area contributed by atoms with Crippen molar-refractivity contribution in [2.75, 3.05) is 7.11 Å². The fourth-order valence-electron chi connectivity index (χ4n) is 1.67. The molecular formula is C15H20FNO4. The van der Waals surface area contributed by atoms with E-state index in [1.807, 2.05) is 0 Å². The summed E-state index contributed by atoms with van der Waals surface area (Å²) in [5.41, 5.74) is -0.382. The largest absolute Gasteiger partial charge is 0.467 e. The van der Waals surface area contributed by atoms with Gasteiger partial charge >= 0.3 is 12.1 Å². The van der Waals surface area contributed by atoms with Gasteiger partial charge in [0, 0.05) is 6.42 Å². The van der Waals surface area contributed by atoms with E-state index in [1.54, 1.807) is 39.0 Å². The lowest BCUT2D eigenvalue weighted by Crippen LogP contribution is -2.45. The molecule has 21 heavy (non-hydrogen) atoms. The second-order valence-corrected chi connectivity index (χ2v) is 5.52. The molecule has 0 fully saturated rings. The van der Waals surface area contributed by atoms with Crippen LogP contribution in [0.15, 0.2) is 24.3 Å². The number of carbonyl (C=O) groups is 2. The van der Waals surface area contributed by atoms with Crippen molar-refractivity contribution >= 4 is 12.1 Å². The van der Waals surface area contributed by atoms with Crippen LogP contribution in [0.3, 0.4) is 0 Å². The maximum atomic E-state index is 13.6. The molecule has 116 valence electrons. The number of amides is 1. The van der Waals surface area contributed by atoms with Crippen molar-refractivity contribution in [3.8, 4) is 0 Å². The third-order valence-corrected chi connectivity index (χ3v) is 2.56. The van der Waals surface area contributed by atoms with Crippen LogP contribution in [-0.2, 0) is 20.7 Å². The smallest absolute Gasteiger partial charge is 0.408 e. The summed E-state index contributed by atoms with van der Waals surface area (Å²) in [5.74, 6) is -1.11. The number of hydrogen-bond donors (Lipinski definition) is 1. The molecule has 1 aromatic rings. The van der Waals surface area contributed by atoms with Crippen molar-refractivity contribution in [3.05, 3.63) is 35.6 Å². The van der Waals surface area contributed by atoms with Gasteiger partial charge in [0.25, 0.3) is 0 Å². The van der Waals surface area contributed by atoms with Gasteiger partial charge in [-0.2, -0.15) is 0 Å². The molecule has 1 amide bonds. The van der Waals surface area contributed by atoms with Crippen molar-refractivity contribution in [1.29, 1.82) is 0 Å². The summed E-state index contributed by atoms with van der Waals surface area (Å²) in [5, 5.41) is 2.40. The lowest BCUT2D eigenvalue weighted by Gasteiger charge is -2.22. The minimum absolute atomic E-state index is 0.0153. The van der Waals surface area contributed by atoms with E-state index >= 15 is 0 Å². The van der Waals surface area contributed by atoms with Crippen LogP contribution in [0.4, 0.5) is 9.18 Å². The molecular weight excluding hydrogens is 277 g/mol. The monoisotopic (exact) mass is 297 g/mol. The zero-order valence-corrected chi connectivity index (χ0v) is 12.6. The molecule has 0 spiro atoms. The number of carbonyl (C=O) groups excluding carboxylic acids is 2. The first-order valence-electron chi connectivity index (χ1n) is 6.53. The van der Waals surface area contributed by atoms with Crippen LogP contribution in [0.2, 0.25) is 0 Å². The van der Waals surface area contributed by atoms with Crippen LogP contribution in [0.1, 0.15) is 26.3 Å². The van der Waals surface area contributed by atoms with Crippen molar-refractivity contribution in [2.24, 2.45) is 0 Å². The van der Waals surface area contributed by atoms with Gasteiger partial charge in [0.15, 0.2) is 0 Å². The number of rotatable bonds is 4. The Labute approximate surface area is 123 Å². The second-order valence-electron chi connectivity index (χ2n) is 5.52. The zero-order chi connectivity index (χ0) is 16.0. The lowest BCUT2D eigenvalue weighted by atomic mass is 10.1. The predicted octanol–water partition coefficient (Wildman–Crippen LogP) is 2.43. The molecule has 1 aromatic carbocycles. The van der Waals surface area contributed by atoms with E-state index in [4.69, 9.17) is 4.74 Å². The first-order chi connectivity index (χ1) is 9.73. The number of methoxy groups -OCH3 is 1. The Kier molecular flexibility index (Phi) is 5.69. The van der Waals surface area contributed by atoms with Gasteiger partial charge in [-0.3, -0.25) is 0 Å². The average Bonchev–Trinajstić information content (AvgIpc) is 2.37. The molecule has 0 aromatic heterocycles. The highest BCUT2D eigenvalue weighted by atomic mass is 19.1. The number of nitrogens with one attached hydrogen (secondary N) is 1. The van der Waals surface area contributed by atoms with Crippen LogP contribution < -0.4 is 5.32 Å². The number of hydrogen-bond acceptors (Lipinski definition) is 4. The zero-order valence-electron chi connectivity index (χ0n) is 12.6. The molecule has 6 heteroatoms. The normalized spacial score (nSPS) is 12.4. The van der Waals surface area contributed by atoms with Crippen molar-refractivity contribution in [2.45, 2.75) is 38.8 Å². The lowest BCUT2D eigenvalue weighted by molar-refractivity contribution is -0.143. The Morgan fingerprint density at radius 2 is 1.90 bits per heavy atom. The van der Waals surface area contributed by atoms with Crippen LogP contribution in [0.5, 0.6) is 0 Å². The maximum absolute atomic E-state index is 13.6. The number of esters is 1. The standard InChI is InChI=1S/C15H20FNO4/c1-15(2,3)21-14(19)17-12(13(18)20-4)9-10-7-5-6-8-11(10)16/h5-8,12H,9H2,1-4H3,(H,17,19). The van der Waals surface area contributed by atoms with E-state index in [1.165, 1.54) is 13.2 Å². The minimum atomic E-state index is -1.01. The van der Waals surface area contributed by atoms with E-state index in [9.17, 15) is 14.0 Å². The topological polar surface area (TPSA) is 64.6 Å². The Morgan fingerprint density at radius 1 is 1.29 bits per heavy atom. The van der Waals surface area contributed by atoms with Gasteiger partial charge in [-0.05, 0) is 32.4 Å². The number of benzene rings is 1. The highest BCUT2D eigenvalue weighted by Gasteiger charge is 2.26. The van der Waals surface area contributed by atoms with Gasteiger partial charge in [0.05, 0.1) is 7.11 Å². The summed E-state index contributed by atoms with van der Waals surface area (Å²) in [6, 6.07) is 5.02. The van der Waals surface area contributed by atoms with Crippen LogP contribution >= 0.6 is 0 Å². The van der Waals surface area contributed by atoms with Gasteiger partial charge in [-0.25, -0.2) is 14.0 Å². The number of ether oxygens (including phenoxy) is 2. The Hall–Kier alpha value is -2.11. The van der Waals surface area contributed by atoms with E-state index in [-0.39, 0.29) is 6.42 Å². The first-order valence-corrected chi connectivity index (χ1v) is 6.53. The predicted molar refractivity (Wildman–Crippen MR) is 75.3 cm³/mol. The number of halogens is 1.